The number of rotatable bonds is 5. The van der Waals surface area contributed by atoms with E-state index in [1.54, 1.807) is 31.2 Å². The molecule has 0 aliphatic rings. The highest BCUT2D eigenvalue weighted by atomic mass is 32.1. The van der Waals surface area contributed by atoms with E-state index in [1.807, 2.05) is 12.1 Å². The van der Waals surface area contributed by atoms with Gasteiger partial charge in [0.1, 0.15) is 4.99 Å². The van der Waals surface area contributed by atoms with Gasteiger partial charge in [0.15, 0.2) is 0 Å². The molecule has 1 amide bonds. The van der Waals surface area contributed by atoms with Gasteiger partial charge in [0.25, 0.3) is 0 Å². The highest BCUT2D eigenvalue weighted by Gasteiger charge is 2.10. The highest BCUT2D eigenvalue weighted by Crippen LogP contribution is 2.14. The average molecular weight is 252 g/mol. The maximum atomic E-state index is 11.7. The molecule has 0 heterocycles. The van der Waals surface area contributed by atoms with Crippen molar-refractivity contribution in [3.05, 3.63) is 29.8 Å². The first-order valence-corrected chi connectivity index (χ1v) is 5.62. The van der Waals surface area contributed by atoms with Crippen LogP contribution in [0.15, 0.2) is 24.3 Å². The molecule has 4 nitrogen and oxygen atoms in total. The number of anilines is 1. The van der Waals surface area contributed by atoms with Crippen molar-refractivity contribution >= 4 is 28.8 Å². The molecule has 0 saturated carbocycles. The first kappa shape index (κ1) is 13.6. The SMILES string of the molecule is COCCC(=O)N(C)c1ccc(C(N)=S)cc1. The van der Waals surface area contributed by atoms with Gasteiger partial charge in [-0.05, 0) is 24.3 Å². The monoisotopic (exact) mass is 252 g/mol. The van der Waals surface area contributed by atoms with Crippen LogP contribution < -0.4 is 10.6 Å². The Morgan fingerprint density at radius 1 is 1.41 bits per heavy atom. The Bertz CT molecular complexity index is 403. The van der Waals surface area contributed by atoms with Gasteiger partial charge in [0.2, 0.25) is 5.91 Å². The molecular formula is C12H16N2O2S. The quantitative estimate of drug-likeness (QED) is 0.803. The predicted octanol–water partition coefficient (Wildman–Crippen LogP) is 1.32. The fourth-order valence-electron chi connectivity index (χ4n) is 1.35. The number of hydrogen-bond donors (Lipinski definition) is 1. The summed E-state index contributed by atoms with van der Waals surface area (Å²) in [7, 11) is 3.30. The minimum absolute atomic E-state index is 0.00919. The largest absolute Gasteiger partial charge is 0.389 e. The van der Waals surface area contributed by atoms with Crippen LogP contribution in [-0.4, -0.2) is 31.7 Å². The molecule has 1 aromatic rings. The van der Waals surface area contributed by atoms with Gasteiger partial charge in [-0.2, -0.15) is 0 Å². The van der Waals surface area contributed by atoms with Crippen LogP contribution in [0.5, 0.6) is 0 Å². The molecule has 0 radical (unpaired) electrons. The Labute approximate surface area is 106 Å². The number of benzene rings is 1. The Hall–Kier alpha value is -1.46. The molecule has 0 saturated heterocycles. The first-order chi connectivity index (χ1) is 8.06. The third-order valence-corrected chi connectivity index (χ3v) is 2.67. The van der Waals surface area contributed by atoms with Crippen LogP contribution in [0, 0.1) is 0 Å². The molecule has 0 atom stereocenters. The second-order valence-corrected chi connectivity index (χ2v) is 4.05. The molecule has 0 spiro atoms. The minimum Gasteiger partial charge on any atom is -0.389 e. The highest BCUT2D eigenvalue weighted by molar-refractivity contribution is 7.80. The molecule has 1 rings (SSSR count). The topological polar surface area (TPSA) is 55.6 Å². The Morgan fingerprint density at radius 3 is 2.47 bits per heavy atom. The maximum Gasteiger partial charge on any atom is 0.229 e. The number of thiocarbonyl (C=S) groups is 1. The van der Waals surface area contributed by atoms with E-state index in [0.29, 0.717) is 18.0 Å². The summed E-state index contributed by atoms with van der Waals surface area (Å²) < 4.78 is 4.87. The van der Waals surface area contributed by atoms with Crippen molar-refractivity contribution in [1.29, 1.82) is 0 Å². The number of nitrogens with zero attached hydrogens (tertiary/aromatic N) is 1. The van der Waals surface area contributed by atoms with E-state index in [1.165, 1.54) is 0 Å². The lowest BCUT2D eigenvalue weighted by Crippen LogP contribution is -2.27. The van der Waals surface area contributed by atoms with E-state index in [9.17, 15) is 4.79 Å². The van der Waals surface area contributed by atoms with E-state index in [2.05, 4.69) is 0 Å². The molecule has 0 bridgehead atoms. The molecule has 2 N–H and O–H groups in total. The standard InChI is InChI=1S/C12H16N2O2S/c1-14(11(15)7-8-16-2)10-5-3-9(4-6-10)12(13)17/h3-6H,7-8H2,1-2H3,(H2,13,17). The zero-order valence-corrected chi connectivity index (χ0v) is 10.8. The summed E-state index contributed by atoms with van der Waals surface area (Å²) in [5.74, 6) is 0.00919. The van der Waals surface area contributed by atoms with Crippen molar-refractivity contribution in [2.75, 3.05) is 25.7 Å². The number of carbonyl (C=O) groups excluding carboxylic acids is 1. The average Bonchev–Trinajstić information content (AvgIpc) is 2.35. The van der Waals surface area contributed by atoms with Crippen LogP contribution >= 0.6 is 12.2 Å². The molecular weight excluding hydrogens is 236 g/mol. The second-order valence-electron chi connectivity index (χ2n) is 3.61. The number of amides is 1. The summed E-state index contributed by atoms with van der Waals surface area (Å²) in [6.07, 6.45) is 0.365. The molecule has 0 fully saturated rings. The summed E-state index contributed by atoms with van der Waals surface area (Å²) in [5.41, 5.74) is 7.10. The van der Waals surface area contributed by atoms with E-state index < -0.39 is 0 Å². The molecule has 17 heavy (non-hydrogen) atoms. The Morgan fingerprint density at radius 2 is 2.00 bits per heavy atom. The first-order valence-electron chi connectivity index (χ1n) is 5.21. The van der Waals surface area contributed by atoms with Crippen LogP contribution in [-0.2, 0) is 9.53 Å². The van der Waals surface area contributed by atoms with Gasteiger partial charge < -0.3 is 15.4 Å². The summed E-state index contributed by atoms with van der Waals surface area (Å²) in [6, 6.07) is 7.24. The smallest absolute Gasteiger partial charge is 0.229 e. The van der Waals surface area contributed by atoms with Crippen LogP contribution in [0.3, 0.4) is 0 Å². The van der Waals surface area contributed by atoms with E-state index in [4.69, 9.17) is 22.7 Å². The van der Waals surface area contributed by atoms with E-state index in [0.717, 1.165) is 11.3 Å². The van der Waals surface area contributed by atoms with Gasteiger partial charge in [-0.3, -0.25) is 4.79 Å². The van der Waals surface area contributed by atoms with Crippen molar-refractivity contribution in [1.82, 2.24) is 0 Å². The van der Waals surface area contributed by atoms with Crippen LogP contribution in [0.1, 0.15) is 12.0 Å². The van der Waals surface area contributed by atoms with Crippen molar-refractivity contribution in [3.8, 4) is 0 Å². The van der Waals surface area contributed by atoms with Crippen LogP contribution in [0.25, 0.3) is 0 Å². The van der Waals surface area contributed by atoms with Crippen molar-refractivity contribution in [2.45, 2.75) is 6.42 Å². The van der Waals surface area contributed by atoms with Crippen molar-refractivity contribution in [3.63, 3.8) is 0 Å². The lowest BCUT2D eigenvalue weighted by molar-refractivity contribution is -0.119. The van der Waals surface area contributed by atoms with E-state index in [-0.39, 0.29) is 5.91 Å². The summed E-state index contributed by atoms with van der Waals surface area (Å²) in [6.45, 7) is 0.425. The van der Waals surface area contributed by atoms with Gasteiger partial charge in [0, 0.05) is 25.4 Å². The number of ether oxygens (including phenoxy) is 1. The number of carbonyl (C=O) groups is 1. The molecule has 5 heteroatoms. The zero-order valence-electron chi connectivity index (χ0n) is 9.97. The number of hydrogen-bond acceptors (Lipinski definition) is 3. The van der Waals surface area contributed by atoms with Crippen LogP contribution in [0.2, 0.25) is 0 Å². The number of methoxy groups -OCH3 is 1. The number of nitrogens with two attached hydrogens (primary N) is 1. The fourth-order valence-corrected chi connectivity index (χ4v) is 1.49. The van der Waals surface area contributed by atoms with Crippen molar-refractivity contribution in [2.24, 2.45) is 5.73 Å². The molecule has 0 aromatic heterocycles. The van der Waals surface area contributed by atoms with Gasteiger partial charge >= 0.3 is 0 Å². The lowest BCUT2D eigenvalue weighted by Gasteiger charge is -2.17. The molecule has 0 aliphatic heterocycles. The third-order valence-electron chi connectivity index (χ3n) is 2.43. The Balaban J connectivity index is 2.72. The molecule has 92 valence electrons. The van der Waals surface area contributed by atoms with E-state index >= 15 is 0 Å². The second kappa shape index (κ2) is 6.32. The van der Waals surface area contributed by atoms with Crippen molar-refractivity contribution < 1.29 is 9.53 Å². The minimum atomic E-state index is 0.00919. The summed E-state index contributed by atoms with van der Waals surface area (Å²) in [4.78, 5) is 13.7. The summed E-state index contributed by atoms with van der Waals surface area (Å²) in [5, 5.41) is 0. The molecule has 1 aromatic carbocycles. The van der Waals surface area contributed by atoms with Gasteiger partial charge in [0.05, 0.1) is 13.0 Å². The summed E-state index contributed by atoms with van der Waals surface area (Å²) >= 11 is 4.86. The van der Waals surface area contributed by atoms with Gasteiger partial charge in [-0.25, -0.2) is 0 Å². The zero-order chi connectivity index (χ0) is 12.8. The lowest BCUT2D eigenvalue weighted by atomic mass is 10.2. The Kier molecular flexibility index (Phi) is 5.06. The fraction of sp³-hybridized carbons (Fsp3) is 0.333. The maximum absolute atomic E-state index is 11.7. The van der Waals surface area contributed by atoms with Gasteiger partial charge in [-0.15, -0.1) is 0 Å². The molecule has 0 aliphatic carbocycles. The van der Waals surface area contributed by atoms with Crippen LogP contribution in [0.4, 0.5) is 5.69 Å². The third kappa shape index (κ3) is 3.80. The molecule has 0 unspecified atom stereocenters. The predicted molar refractivity (Wildman–Crippen MR) is 72.2 cm³/mol. The normalized spacial score (nSPS) is 10.0. The van der Waals surface area contributed by atoms with Gasteiger partial charge in [-0.1, -0.05) is 12.2 Å².